The fourth-order valence-electron chi connectivity index (χ4n) is 2.97. The highest BCUT2D eigenvalue weighted by Gasteiger charge is 2.38. The molecule has 19 heavy (non-hydrogen) atoms. The predicted molar refractivity (Wildman–Crippen MR) is 72.2 cm³/mol. The molecule has 5 heteroatoms. The maximum Gasteiger partial charge on any atom is 0.401 e. The van der Waals surface area contributed by atoms with Crippen molar-refractivity contribution >= 4 is 0 Å². The van der Waals surface area contributed by atoms with Crippen molar-refractivity contribution < 1.29 is 13.2 Å². The number of hydrogen-bond donors (Lipinski definition) is 1. The number of alkyl halides is 3. The zero-order valence-electron chi connectivity index (χ0n) is 12.3. The van der Waals surface area contributed by atoms with Crippen LogP contribution in [-0.4, -0.2) is 42.3 Å². The van der Waals surface area contributed by atoms with Crippen LogP contribution in [0, 0.1) is 0 Å². The van der Waals surface area contributed by atoms with E-state index in [0.29, 0.717) is 0 Å². The molecule has 0 radical (unpaired) electrons. The molecule has 0 heterocycles. The molecule has 0 amide bonds. The minimum atomic E-state index is -4.11. The van der Waals surface area contributed by atoms with Gasteiger partial charge in [-0.1, -0.05) is 19.8 Å². The van der Waals surface area contributed by atoms with Crippen LogP contribution in [0.4, 0.5) is 13.2 Å². The van der Waals surface area contributed by atoms with Crippen molar-refractivity contribution in [2.75, 3.05) is 13.1 Å². The van der Waals surface area contributed by atoms with Crippen LogP contribution in [0.15, 0.2) is 0 Å². The van der Waals surface area contributed by atoms with Crippen LogP contribution in [0.5, 0.6) is 0 Å². The van der Waals surface area contributed by atoms with E-state index in [2.05, 4.69) is 12.2 Å². The van der Waals surface area contributed by atoms with E-state index >= 15 is 0 Å². The molecule has 0 bridgehead atoms. The second kappa shape index (κ2) is 7.48. The molecule has 2 atom stereocenters. The summed E-state index contributed by atoms with van der Waals surface area (Å²) < 4.78 is 38.2. The maximum atomic E-state index is 12.7. The maximum absolute atomic E-state index is 12.7. The Morgan fingerprint density at radius 2 is 1.84 bits per heavy atom. The van der Waals surface area contributed by atoms with Crippen LogP contribution in [0.3, 0.4) is 0 Å². The Morgan fingerprint density at radius 1 is 1.21 bits per heavy atom. The fourth-order valence-corrected chi connectivity index (χ4v) is 2.97. The minimum absolute atomic E-state index is 0.0157. The summed E-state index contributed by atoms with van der Waals surface area (Å²) in [5.74, 6) is 0. The van der Waals surface area contributed by atoms with Crippen LogP contribution in [-0.2, 0) is 0 Å². The van der Waals surface area contributed by atoms with E-state index in [0.717, 1.165) is 38.6 Å². The molecule has 0 spiro atoms. The lowest BCUT2D eigenvalue weighted by Crippen LogP contribution is -2.56. The van der Waals surface area contributed by atoms with Crippen LogP contribution >= 0.6 is 0 Å². The van der Waals surface area contributed by atoms with E-state index in [1.54, 1.807) is 4.90 Å². The summed E-state index contributed by atoms with van der Waals surface area (Å²) in [4.78, 5) is 1.63. The highest BCUT2D eigenvalue weighted by molar-refractivity contribution is 4.90. The monoisotopic (exact) mass is 280 g/mol. The number of halogens is 3. The molecule has 1 aliphatic rings. The zero-order valence-corrected chi connectivity index (χ0v) is 12.3. The zero-order chi connectivity index (χ0) is 14.5. The van der Waals surface area contributed by atoms with Gasteiger partial charge < -0.3 is 5.32 Å². The average Bonchev–Trinajstić information content (AvgIpc) is 2.32. The molecule has 0 aromatic heterocycles. The summed E-state index contributed by atoms with van der Waals surface area (Å²) in [6.07, 6.45) is 0.925. The fraction of sp³-hybridized carbons (Fsp3) is 1.00. The lowest BCUT2D eigenvalue weighted by Gasteiger charge is -2.42. The molecule has 1 N–H and O–H groups in total. The van der Waals surface area contributed by atoms with Crippen molar-refractivity contribution in [1.82, 2.24) is 10.2 Å². The highest BCUT2D eigenvalue weighted by Crippen LogP contribution is 2.28. The first-order valence-corrected chi connectivity index (χ1v) is 7.41. The Kier molecular flexibility index (Phi) is 6.60. The second-order valence-corrected chi connectivity index (χ2v) is 5.79. The van der Waals surface area contributed by atoms with Crippen molar-refractivity contribution in [2.24, 2.45) is 0 Å². The van der Waals surface area contributed by atoms with E-state index in [9.17, 15) is 13.2 Å². The van der Waals surface area contributed by atoms with Gasteiger partial charge in [0.25, 0.3) is 0 Å². The third-order valence-corrected chi connectivity index (χ3v) is 3.84. The van der Waals surface area contributed by atoms with Gasteiger partial charge in [0.05, 0.1) is 6.54 Å². The summed E-state index contributed by atoms with van der Waals surface area (Å²) in [5.41, 5.74) is 0. The number of hydrogen-bond acceptors (Lipinski definition) is 2. The highest BCUT2D eigenvalue weighted by atomic mass is 19.4. The molecule has 114 valence electrons. The van der Waals surface area contributed by atoms with Crippen LogP contribution in [0.1, 0.15) is 52.9 Å². The van der Waals surface area contributed by atoms with Gasteiger partial charge in [-0.05, 0) is 39.7 Å². The summed E-state index contributed by atoms with van der Waals surface area (Å²) in [6.45, 7) is 5.90. The first-order chi connectivity index (χ1) is 8.85. The lowest BCUT2D eigenvalue weighted by molar-refractivity contribution is -0.158. The summed E-state index contributed by atoms with van der Waals surface area (Å²) in [7, 11) is 0. The van der Waals surface area contributed by atoms with Gasteiger partial charge in [0.1, 0.15) is 0 Å². The smallest absolute Gasteiger partial charge is 0.312 e. The molecular formula is C14H27F3N2. The molecule has 1 aliphatic carbocycles. The standard InChI is InChI=1S/C14H27F3N2/c1-4-9-18-12-7-5-6-8-13(12)19(11(2)3)10-14(15,16)17/h11-13,18H,4-10H2,1-3H3. The normalized spacial score (nSPS) is 25.3. The quantitative estimate of drug-likeness (QED) is 0.800. The third-order valence-electron chi connectivity index (χ3n) is 3.84. The van der Waals surface area contributed by atoms with Gasteiger partial charge in [0.2, 0.25) is 0 Å². The van der Waals surface area contributed by atoms with Crippen molar-refractivity contribution in [3.05, 3.63) is 0 Å². The second-order valence-electron chi connectivity index (χ2n) is 5.79. The predicted octanol–water partition coefficient (Wildman–Crippen LogP) is 3.57. The Bertz CT molecular complexity index is 254. The molecule has 2 nitrogen and oxygen atoms in total. The molecular weight excluding hydrogens is 253 g/mol. The average molecular weight is 280 g/mol. The van der Waals surface area contributed by atoms with Gasteiger partial charge in [-0.25, -0.2) is 0 Å². The Balaban J connectivity index is 2.72. The van der Waals surface area contributed by atoms with Crippen molar-refractivity contribution in [3.63, 3.8) is 0 Å². The number of rotatable bonds is 6. The largest absolute Gasteiger partial charge is 0.401 e. The van der Waals surface area contributed by atoms with Crippen LogP contribution in [0.2, 0.25) is 0 Å². The van der Waals surface area contributed by atoms with Gasteiger partial charge in [-0.15, -0.1) is 0 Å². The molecule has 1 fully saturated rings. The van der Waals surface area contributed by atoms with Crippen LogP contribution in [0.25, 0.3) is 0 Å². The molecule has 0 aromatic rings. The van der Waals surface area contributed by atoms with Gasteiger partial charge >= 0.3 is 6.18 Å². The molecule has 1 saturated carbocycles. The minimum Gasteiger partial charge on any atom is -0.312 e. The number of nitrogens with one attached hydrogen (secondary N) is 1. The molecule has 0 aromatic carbocycles. The van der Waals surface area contributed by atoms with Crippen molar-refractivity contribution in [1.29, 1.82) is 0 Å². The Morgan fingerprint density at radius 3 is 2.37 bits per heavy atom. The SMILES string of the molecule is CCCNC1CCCCC1N(CC(F)(F)F)C(C)C. The van der Waals surface area contributed by atoms with E-state index in [4.69, 9.17) is 0 Å². The molecule has 0 saturated heterocycles. The van der Waals surface area contributed by atoms with E-state index in [1.807, 2.05) is 13.8 Å². The van der Waals surface area contributed by atoms with Crippen molar-refractivity contribution in [2.45, 2.75) is 77.2 Å². The van der Waals surface area contributed by atoms with Crippen molar-refractivity contribution in [3.8, 4) is 0 Å². The topological polar surface area (TPSA) is 15.3 Å². The molecule has 2 unspecified atom stereocenters. The van der Waals surface area contributed by atoms with E-state index < -0.39 is 12.7 Å². The van der Waals surface area contributed by atoms with E-state index in [-0.39, 0.29) is 18.1 Å². The first-order valence-electron chi connectivity index (χ1n) is 7.41. The first kappa shape index (κ1) is 16.8. The van der Waals surface area contributed by atoms with E-state index in [1.165, 1.54) is 0 Å². The van der Waals surface area contributed by atoms with Gasteiger partial charge in [-0.3, -0.25) is 4.90 Å². The molecule has 1 rings (SSSR count). The lowest BCUT2D eigenvalue weighted by atomic mass is 9.88. The van der Waals surface area contributed by atoms with Gasteiger partial charge in [-0.2, -0.15) is 13.2 Å². The third kappa shape index (κ3) is 5.69. The summed E-state index contributed by atoms with van der Waals surface area (Å²) in [5, 5.41) is 3.43. The molecule has 0 aliphatic heterocycles. The Hall–Kier alpha value is -0.290. The van der Waals surface area contributed by atoms with Crippen LogP contribution < -0.4 is 5.32 Å². The summed E-state index contributed by atoms with van der Waals surface area (Å²) >= 11 is 0. The summed E-state index contributed by atoms with van der Waals surface area (Å²) in [6, 6.07) is 0.149. The number of nitrogens with zero attached hydrogens (tertiary/aromatic N) is 1. The van der Waals surface area contributed by atoms with Gasteiger partial charge in [0, 0.05) is 18.1 Å². The Labute approximate surface area is 114 Å². The van der Waals surface area contributed by atoms with Gasteiger partial charge in [0.15, 0.2) is 0 Å².